The van der Waals surface area contributed by atoms with Crippen molar-refractivity contribution in [3.05, 3.63) is 60.1 Å². The zero-order chi connectivity index (χ0) is 19.9. The maximum atomic E-state index is 12.3. The molecule has 1 aromatic carbocycles. The van der Waals surface area contributed by atoms with Crippen LogP contribution in [0.5, 0.6) is 0 Å². The van der Waals surface area contributed by atoms with E-state index in [1.54, 1.807) is 24.5 Å². The number of anilines is 1. The van der Waals surface area contributed by atoms with Crippen LogP contribution in [0.25, 0.3) is 6.08 Å². The van der Waals surface area contributed by atoms with Crippen molar-refractivity contribution in [2.24, 2.45) is 5.92 Å². The van der Waals surface area contributed by atoms with Crippen LogP contribution in [0, 0.1) is 5.92 Å². The van der Waals surface area contributed by atoms with Gasteiger partial charge in [0, 0.05) is 51.1 Å². The Hall–Kier alpha value is -3.02. The molecule has 0 bridgehead atoms. The van der Waals surface area contributed by atoms with Crippen LogP contribution in [0.2, 0.25) is 0 Å². The van der Waals surface area contributed by atoms with Crippen LogP contribution in [0.4, 0.5) is 5.69 Å². The highest BCUT2D eigenvalue weighted by Gasteiger charge is 2.22. The summed E-state index contributed by atoms with van der Waals surface area (Å²) in [6, 6.07) is 11.2. The van der Waals surface area contributed by atoms with Gasteiger partial charge in [-0.2, -0.15) is 0 Å². The van der Waals surface area contributed by atoms with Gasteiger partial charge in [0.15, 0.2) is 0 Å². The highest BCUT2D eigenvalue weighted by Crippen LogP contribution is 2.18. The summed E-state index contributed by atoms with van der Waals surface area (Å²) in [5.74, 6) is 1.01. The maximum absolute atomic E-state index is 12.3. The van der Waals surface area contributed by atoms with E-state index < -0.39 is 0 Å². The van der Waals surface area contributed by atoms with Crippen LogP contribution in [0.3, 0.4) is 0 Å². The van der Waals surface area contributed by atoms with Gasteiger partial charge in [-0.3, -0.25) is 9.59 Å². The Labute approximate surface area is 165 Å². The molecule has 0 unspecified atom stereocenters. The van der Waals surface area contributed by atoms with Crippen LogP contribution in [0.15, 0.2) is 53.2 Å². The normalized spacial score (nSPS) is 15.0. The molecule has 1 saturated heterocycles. The molecule has 1 N–H and O–H groups in total. The molecule has 0 aliphatic carbocycles. The summed E-state index contributed by atoms with van der Waals surface area (Å²) in [5, 5.41) is 3.02. The summed E-state index contributed by atoms with van der Waals surface area (Å²) < 4.78 is 5.20. The SMILES string of the molecule is CN(C)c1ccc(C(=O)NCC2CCN(C(=O)/C=C/c3ccco3)CC2)cc1. The zero-order valence-electron chi connectivity index (χ0n) is 16.4. The van der Waals surface area contributed by atoms with Gasteiger partial charge in [0.2, 0.25) is 5.91 Å². The fraction of sp³-hybridized carbons (Fsp3) is 0.364. The number of rotatable bonds is 6. The molecule has 148 valence electrons. The first kappa shape index (κ1) is 19.7. The number of furan rings is 1. The minimum Gasteiger partial charge on any atom is -0.465 e. The van der Waals surface area contributed by atoms with Gasteiger partial charge in [0.05, 0.1) is 6.26 Å². The first-order valence-electron chi connectivity index (χ1n) is 9.59. The molecule has 1 fully saturated rings. The molecule has 1 aliphatic rings. The van der Waals surface area contributed by atoms with Gasteiger partial charge in [-0.05, 0) is 61.2 Å². The smallest absolute Gasteiger partial charge is 0.251 e. The molecular formula is C22H27N3O3. The third-order valence-corrected chi connectivity index (χ3v) is 5.06. The summed E-state index contributed by atoms with van der Waals surface area (Å²) in [6.45, 7) is 2.05. The van der Waals surface area contributed by atoms with E-state index in [9.17, 15) is 9.59 Å². The first-order chi connectivity index (χ1) is 13.5. The summed E-state index contributed by atoms with van der Waals surface area (Å²) in [7, 11) is 3.94. The molecule has 0 radical (unpaired) electrons. The van der Waals surface area contributed by atoms with Crippen molar-refractivity contribution in [1.29, 1.82) is 0 Å². The molecule has 2 amide bonds. The van der Waals surface area contributed by atoms with Crippen molar-refractivity contribution in [1.82, 2.24) is 10.2 Å². The van der Waals surface area contributed by atoms with Crippen molar-refractivity contribution < 1.29 is 14.0 Å². The van der Waals surface area contributed by atoms with Crippen molar-refractivity contribution in [2.75, 3.05) is 38.6 Å². The van der Waals surface area contributed by atoms with E-state index in [4.69, 9.17) is 4.42 Å². The molecule has 3 rings (SSSR count). The second kappa shape index (κ2) is 9.26. The molecule has 2 aromatic rings. The van der Waals surface area contributed by atoms with E-state index in [1.165, 1.54) is 0 Å². The Morgan fingerprint density at radius 1 is 1.18 bits per heavy atom. The molecular weight excluding hydrogens is 354 g/mol. The number of amides is 2. The number of carbonyl (C=O) groups is 2. The maximum Gasteiger partial charge on any atom is 0.251 e. The van der Waals surface area contributed by atoms with E-state index in [-0.39, 0.29) is 11.8 Å². The summed E-state index contributed by atoms with van der Waals surface area (Å²) in [5.41, 5.74) is 1.73. The zero-order valence-corrected chi connectivity index (χ0v) is 16.4. The second-order valence-corrected chi connectivity index (χ2v) is 7.27. The lowest BCUT2D eigenvalue weighted by atomic mass is 9.96. The third kappa shape index (κ3) is 5.25. The lowest BCUT2D eigenvalue weighted by Gasteiger charge is -2.31. The number of benzene rings is 1. The number of hydrogen-bond acceptors (Lipinski definition) is 4. The van der Waals surface area contributed by atoms with Crippen molar-refractivity contribution in [3.63, 3.8) is 0 Å². The quantitative estimate of drug-likeness (QED) is 0.781. The number of nitrogens with zero attached hydrogens (tertiary/aromatic N) is 2. The molecule has 6 nitrogen and oxygen atoms in total. The van der Waals surface area contributed by atoms with E-state index in [2.05, 4.69) is 5.32 Å². The van der Waals surface area contributed by atoms with E-state index >= 15 is 0 Å². The molecule has 1 aromatic heterocycles. The van der Waals surface area contributed by atoms with Gasteiger partial charge >= 0.3 is 0 Å². The van der Waals surface area contributed by atoms with Crippen LogP contribution >= 0.6 is 0 Å². The second-order valence-electron chi connectivity index (χ2n) is 7.27. The number of nitrogens with one attached hydrogen (secondary N) is 1. The monoisotopic (exact) mass is 381 g/mol. The summed E-state index contributed by atoms with van der Waals surface area (Å²) in [4.78, 5) is 28.4. The predicted molar refractivity (Wildman–Crippen MR) is 110 cm³/mol. The van der Waals surface area contributed by atoms with Gasteiger partial charge in [0.1, 0.15) is 5.76 Å². The minimum absolute atomic E-state index is 0.000123. The Morgan fingerprint density at radius 3 is 2.50 bits per heavy atom. The number of carbonyl (C=O) groups excluding carboxylic acids is 2. The topological polar surface area (TPSA) is 65.8 Å². The largest absolute Gasteiger partial charge is 0.465 e. The van der Waals surface area contributed by atoms with Gasteiger partial charge < -0.3 is 19.5 Å². The fourth-order valence-corrected chi connectivity index (χ4v) is 3.25. The van der Waals surface area contributed by atoms with Gasteiger partial charge in [0.25, 0.3) is 5.91 Å². The Bertz CT molecular complexity index is 802. The first-order valence-corrected chi connectivity index (χ1v) is 9.59. The van der Waals surface area contributed by atoms with Crippen LogP contribution in [-0.4, -0.2) is 50.4 Å². The fourth-order valence-electron chi connectivity index (χ4n) is 3.25. The summed E-state index contributed by atoms with van der Waals surface area (Å²) >= 11 is 0. The Kier molecular flexibility index (Phi) is 6.53. The standard InChI is InChI=1S/C22H27N3O3/c1-24(2)19-7-5-18(6-8-19)22(27)23-16-17-11-13-25(14-12-17)21(26)10-9-20-4-3-15-28-20/h3-10,15,17H,11-14,16H2,1-2H3,(H,23,27)/b10-9+. The number of likely N-dealkylation sites (tertiary alicyclic amines) is 1. The average Bonchev–Trinajstić information content (AvgIpc) is 3.24. The number of piperidine rings is 1. The van der Waals surface area contributed by atoms with Crippen LogP contribution in [0.1, 0.15) is 29.0 Å². The van der Waals surface area contributed by atoms with Gasteiger partial charge in [-0.25, -0.2) is 0 Å². The molecule has 28 heavy (non-hydrogen) atoms. The van der Waals surface area contributed by atoms with Crippen molar-refractivity contribution in [3.8, 4) is 0 Å². The summed E-state index contributed by atoms with van der Waals surface area (Å²) in [6.07, 6.45) is 6.61. The average molecular weight is 381 g/mol. The van der Waals surface area contributed by atoms with Gasteiger partial charge in [-0.15, -0.1) is 0 Å². The molecule has 0 spiro atoms. The lowest BCUT2D eigenvalue weighted by molar-refractivity contribution is -0.127. The Balaban J connectivity index is 1.41. The lowest BCUT2D eigenvalue weighted by Crippen LogP contribution is -2.41. The highest BCUT2D eigenvalue weighted by atomic mass is 16.3. The Morgan fingerprint density at radius 2 is 1.89 bits per heavy atom. The van der Waals surface area contributed by atoms with E-state index in [1.807, 2.05) is 54.2 Å². The minimum atomic E-state index is -0.0507. The third-order valence-electron chi connectivity index (χ3n) is 5.06. The van der Waals surface area contributed by atoms with Crippen LogP contribution < -0.4 is 10.2 Å². The molecule has 2 heterocycles. The molecule has 0 saturated carbocycles. The van der Waals surface area contributed by atoms with Crippen molar-refractivity contribution in [2.45, 2.75) is 12.8 Å². The molecule has 6 heteroatoms. The molecule has 1 aliphatic heterocycles. The van der Waals surface area contributed by atoms with Crippen molar-refractivity contribution >= 4 is 23.6 Å². The van der Waals surface area contributed by atoms with E-state index in [0.29, 0.717) is 36.9 Å². The van der Waals surface area contributed by atoms with Gasteiger partial charge in [-0.1, -0.05) is 0 Å². The highest BCUT2D eigenvalue weighted by molar-refractivity contribution is 5.94. The predicted octanol–water partition coefficient (Wildman–Crippen LogP) is 3.03. The van der Waals surface area contributed by atoms with E-state index in [0.717, 1.165) is 18.5 Å². The van der Waals surface area contributed by atoms with Crippen LogP contribution in [-0.2, 0) is 4.79 Å². The molecule has 0 atom stereocenters. The number of hydrogen-bond donors (Lipinski definition) is 1.